The lowest BCUT2D eigenvalue weighted by Crippen LogP contribution is -2.25. The van der Waals surface area contributed by atoms with E-state index in [4.69, 9.17) is 9.47 Å². The Labute approximate surface area is 110 Å². The number of benzene rings is 1. The molecule has 0 amide bonds. The lowest BCUT2D eigenvalue weighted by molar-refractivity contribution is 0.206. The second-order valence-corrected chi connectivity index (χ2v) is 4.86. The minimum absolute atomic E-state index is 0.228. The van der Waals surface area contributed by atoms with Crippen molar-refractivity contribution in [3.63, 3.8) is 0 Å². The molecule has 3 heteroatoms. The Hall–Kier alpha value is -1.22. The Morgan fingerprint density at radius 1 is 1.17 bits per heavy atom. The third-order valence-corrected chi connectivity index (χ3v) is 2.72. The normalized spacial score (nSPS) is 12.5. The van der Waals surface area contributed by atoms with Gasteiger partial charge in [-0.05, 0) is 38.4 Å². The summed E-state index contributed by atoms with van der Waals surface area (Å²) in [5, 5.41) is 3.41. The average molecular weight is 251 g/mol. The molecule has 0 saturated carbocycles. The first-order valence-electron chi connectivity index (χ1n) is 6.66. The Kier molecular flexibility index (Phi) is 6.58. The van der Waals surface area contributed by atoms with Crippen molar-refractivity contribution in [2.24, 2.45) is 0 Å². The summed E-state index contributed by atoms with van der Waals surface area (Å²) >= 11 is 0. The largest absolute Gasteiger partial charge is 0.497 e. The van der Waals surface area contributed by atoms with Gasteiger partial charge in [-0.25, -0.2) is 0 Å². The number of nitrogens with one attached hydrogen (secondary N) is 1. The van der Waals surface area contributed by atoms with Crippen LogP contribution in [0.1, 0.15) is 33.6 Å². The molecule has 0 radical (unpaired) electrons. The molecule has 0 saturated heterocycles. The van der Waals surface area contributed by atoms with E-state index in [9.17, 15) is 0 Å². The van der Waals surface area contributed by atoms with Crippen LogP contribution in [0.4, 0.5) is 0 Å². The molecule has 3 nitrogen and oxygen atoms in total. The zero-order valence-electron chi connectivity index (χ0n) is 11.9. The van der Waals surface area contributed by atoms with Gasteiger partial charge in [0, 0.05) is 12.1 Å². The lowest BCUT2D eigenvalue weighted by Gasteiger charge is -2.16. The van der Waals surface area contributed by atoms with Crippen molar-refractivity contribution in [1.29, 1.82) is 0 Å². The molecule has 18 heavy (non-hydrogen) atoms. The fourth-order valence-corrected chi connectivity index (χ4v) is 1.75. The highest BCUT2D eigenvalue weighted by molar-refractivity contribution is 5.32. The van der Waals surface area contributed by atoms with E-state index in [1.165, 1.54) is 0 Å². The molecule has 1 aromatic rings. The second-order valence-electron chi connectivity index (χ2n) is 4.86. The van der Waals surface area contributed by atoms with Crippen LogP contribution >= 0.6 is 0 Å². The number of hydrogen-bond donors (Lipinski definition) is 1. The van der Waals surface area contributed by atoms with E-state index in [0.29, 0.717) is 6.04 Å². The van der Waals surface area contributed by atoms with Gasteiger partial charge in [0.2, 0.25) is 0 Å². The van der Waals surface area contributed by atoms with Crippen molar-refractivity contribution >= 4 is 0 Å². The molecule has 1 atom stereocenters. The third-order valence-electron chi connectivity index (χ3n) is 2.72. The van der Waals surface area contributed by atoms with Crippen molar-refractivity contribution in [3.8, 4) is 11.5 Å². The molecule has 0 aliphatic rings. The van der Waals surface area contributed by atoms with E-state index in [1.807, 2.05) is 24.3 Å². The predicted molar refractivity (Wildman–Crippen MR) is 75.5 cm³/mol. The van der Waals surface area contributed by atoms with Crippen LogP contribution in [-0.4, -0.2) is 25.8 Å². The average Bonchev–Trinajstić information content (AvgIpc) is 2.34. The molecule has 1 unspecified atom stereocenters. The van der Waals surface area contributed by atoms with E-state index >= 15 is 0 Å². The van der Waals surface area contributed by atoms with Crippen LogP contribution in [0.5, 0.6) is 11.5 Å². The maximum Gasteiger partial charge on any atom is 0.123 e. The zero-order valence-corrected chi connectivity index (χ0v) is 11.9. The van der Waals surface area contributed by atoms with E-state index in [2.05, 4.69) is 26.1 Å². The maximum atomic E-state index is 5.86. The van der Waals surface area contributed by atoms with Gasteiger partial charge in [-0.15, -0.1) is 0 Å². The van der Waals surface area contributed by atoms with Gasteiger partial charge in [-0.1, -0.05) is 19.9 Å². The molecule has 102 valence electrons. The second kappa shape index (κ2) is 7.98. The minimum atomic E-state index is 0.228. The van der Waals surface area contributed by atoms with Crippen LogP contribution in [0.2, 0.25) is 0 Å². The summed E-state index contributed by atoms with van der Waals surface area (Å²) in [6.45, 7) is 7.48. The quantitative estimate of drug-likeness (QED) is 0.719. The van der Waals surface area contributed by atoms with Gasteiger partial charge in [-0.2, -0.15) is 0 Å². The smallest absolute Gasteiger partial charge is 0.123 e. The van der Waals surface area contributed by atoms with Crippen molar-refractivity contribution in [2.45, 2.75) is 45.8 Å². The van der Waals surface area contributed by atoms with Crippen molar-refractivity contribution in [2.75, 3.05) is 13.7 Å². The van der Waals surface area contributed by atoms with Gasteiger partial charge in [0.15, 0.2) is 0 Å². The molecule has 1 aromatic carbocycles. The highest BCUT2D eigenvalue weighted by atomic mass is 16.5. The molecular formula is C15H25NO2. The summed E-state index contributed by atoms with van der Waals surface area (Å²) in [7, 11) is 1.67. The van der Waals surface area contributed by atoms with Gasteiger partial charge in [0.05, 0.1) is 13.2 Å². The predicted octanol–water partition coefficient (Wildman–Crippen LogP) is 3.24. The molecule has 0 bridgehead atoms. The molecule has 0 heterocycles. The minimum Gasteiger partial charge on any atom is -0.497 e. The first-order valence-corrected chi connectivity index (χ1v) is 6.66. The molecule has 0 aromatic heterocycles. The van der Waals surface area contributed by atoms with E-state index in [1.54, 1.807) is 7.11 Å². The maximum absolute atomic E-state index is 5.86. The van der Waals surface area contributed by atoms with Crippen LogP contribution < -0.4 is 14.8 Å². The summed E-state index contributed by atoms with van der Waals surface area (Å²) < 4.78 is 11.0. The third kappa shape index (κ3) is 5.92. The summed E-state index contributed by atoms with van der Waals surface area (Å²) in [6, 6.07) is 8.30. The number of rotatable bonds is 8. The highest BCUT2D eigenvalue weighted by Crippen LogP contribution is 2.20. The zero-order chi connectivity index (χ0) is 13.4. The molecule has 0 aliphatic carbocycles. The van der Waals surface area contributed by atoms with Gasteiger partial charge in [0.1, 0.15) is 11.5 Å². The van der Waals surface area contributed by atoms with Crippen molar-refractivity contribution in [3.05, 3.63) is 24.3 Å². The van der Waals surface area contributed by atoms with E-state index < -0.39 is 0 Å². The SMILES string of the molecule is COc1cccc(OC(C)CCCNC(C)C)c1. The van der Waals surface area contributed by atoms with E-state index in [0.717, 1.165) is 30.9 Å². The lowest BCUT2D eigenvalue weighted by atomic mass is 10.2. The fourth-order valence-electron chi connectivity index (χ4n) is 1.75. The van der Waals surface area contributed by atoms with Crippen LogP contribution in [0, 0.1) is 0 Å². The van der Waals surface area contributed by atoms with E-state index in [-0.39, 0.29) is 6.10 Å². The van der Waals surface area contributed by atoms with Crippen LogP contribution in [-0.2, 0) is 0 Å². The Morgan fingerprint density at radius 3 is 2.56 bits per heavy atom. The highest BCUT2D eigenvalue weighted by Gasteiger charge is 2.05. The van der Waals surface area contributed by atoms with Crippen molar-refractivity contribution < 1.29 is 9.47 Å². The van der Waals surface area contributed by atoms with Crippen LogP contribution in [0.15, 0.2) is 24.3 Å². The first kappa shape index (κ1) is 14.8. The van der Waals surface area contributed by atoms with Gasteiger partial charge >= 0.3 is 0 Å². The Bertz CT molecular complexity index is 339. The molecule has 0 spiro atoms. The number of ether oxygens (including phenoxy) is 2. The topological polar surface area (TPSA) is 30.5 Å². The number of methoxy groups -OCH3 is 1. The molecular weight excluding hydrogens is 226 g/mol. The van der Waals surface area contributed by atoms with Gasteiger partial charge < -0.3 is 14.8 Å². The summed E-state index contributed by atoms with van der Waals surface area (Å²) in [4.78, 5) is 0. The Morgan fingerprint density at radius 2 is 1.89 bits per heavy atom. The fraction of sp³-hybridized carbons (Fsp3) is 0.600. The molecule has 0 aliphatic heterocycles. The summed E-state index contributed by atoms with van der Waals surface area (Å²) in [6.07, 6.45) is 2.41. The Balaban J connectivity index is 2.28. The molecule has 1 rings (SSSR count). The summed E-state index contributed by atoms with van der Waals surface area (Å²) in [5.74, 6) is 1.71. The standard InChI is InChI=1S/C15H25NO2/c1-12(2)16-10-6-7-13(3)18-15-9-5-8-14(11-15)17-4/h5,8-9,11-13,16H,6-7,10H2,1-4H3. The van der Waals surface area contributed by atoms with Gasteiger partial charge in [0.25, 0.3) is 0 Å². The van der Waals surface area contributed by atoms with Crippen LogP contribution in [0.3, 0.4) is 0 Å². The molecule has 0 fully saturated rings. The van der Waals surface area contributed by atoms with Crippen molar-refractivity contribution in [1.82, 2.24) is 5.32 Å². The summed E-state index contributed by atoms with van der Waals surface area (Å²) in [5.41, 5.74) is 0. The van der Waals surface area contributed by atoms with Gasteiger partial charge in [-0.3, -0.25) is 0 Å². The molecule has 1 N–H and O–H groups in total. The van der Waals surface area contributed by atoms with Crippen LogP contribution in [0.25, 0.3) is 0 Å². The monoisotopic (exact) mass is 251 g/mol. The number of hydrogen-bond acceptors (Lipinski definition) is 3. The first-order chi connectivity index (χ1) is 8.61.